The van der Waals surface area contributed by atoms with E-state index in [1.54, 1.807) is 13.0 Å². The van der Waals surface area contributed by atoms with Gasteiger partial charge in [-0.2, -0.15) is 0 Å². The number of hydrogen-bond donors (Lipinski definition) is 3. The first-order chi connectivity index (χ1) is 7.02. The van der Waals surface area contributed by atoms with Crippen LogP contribution in [0.25, 0.3) is 0 Å². The minimum atomic E-state index is -1.69. The number of hydrogen-bond acceptors (Lipinski definition) is 5. The van der Waals surface area contributed by atoms with Crippen molar-refractivity contribution in [2.45, 2.75) is 39.1 Å². The Labute approximate surface area is 89.0 Å². The van der Waals surface area contributed by atoms with Crippen LogP contribution in [0.15, 0.2) is 11.6 Å². The van der Waals surface area contributed by atoms with E-state index in [1.807, 2.05) is 6.92 Å². The topological polar surface area (TPSA) is 87.0 Å². The number of carbonyl (C=O) groups is 1. The highest BCUT2D eigenvalue weighted by atomic mass is 16.6. The lowest BCUT2D eigenvalue weighted by Gasteiger charge is -2.16. The van der Waals surface area contributed by atoms with Crippen LogP contribution < -0.4 is 0 Å². The van der Waals surface area contributed by atoms with Gasteiger partial charge in [0.2, 0.25) is 6.29 Å². The van der Waals surface area contributed by atoms with Crippen molar-refractivity contribution in [3.05, 3.63) is 11.6 Å². The van der Waals surface area contributed by atoms with E-state index in [1.165, 1.54) is 0 Å². The van der Waals surface area contributed by atoms with E-state index in [4.69, 9.17) is 15.3 Å². The molecule has 2 atom stereocenters. The van der Waals surface area contributed by atoms with Gasteiger partial charge in [-0.1, -0.05) is 19.4 Å². The Bertz CT molecular complexity index is 224. The van der Waals surface area contributed by atoms with Crippen LogP contribution in [-0.2, 0) is 9.53 Å². The number of ether oxygens (including phenoxy) is 1. The first kappa shape index (κ1) is 14.1. The molecule has 0 bridgehead atoms. The summed E-state index contributed by atoms with van der Waals surface area (Å²) in [6.07, 6.45) is 0.201. The van der Waals surface area contributed by atoms with Crippen LogP contribution in [0.4, 0.5) is 0 Å². The second-order valence-corrected chi connectivity index (χ2v) is 3.22. The van der Waals surface area contributed by atoms with Gasteiger partial charge in [-0.05, 0) is 13.3 Å². The Balaban J connectivity index is 4.12. The van der Waals surface area contributed by atoms with E-state index < -0.39 is 25.0 Å². The maximum Gasteiger partial charge on any atom is 0.335 e. The lowest BCUT2D eigenvalue weighted by atomic mass is 10.2. The highest BCUT2D eigenvalue weighted by Gasteiger charge is 2.20. The van der Waals surface area contributed by atoms with Gasteiger partial charge in [-0.25, -0.2) is 4.79 Å². The summed E-state index contributed by atoms with van der Waals surface area (Å²) in [7, 11) is 0. The average molecular weight is 218 g/mol. The maximum absolute atomic E-state index is 11.2. The van der Waals surface area contributed by atoms with Crippen molar-refractivity contribution in [3.63, 3.8) is 0 Å². The van der Waals surface area contributed by atoms with E-state index in [9.17, 15) is 4.79 Å². The molecule has 0 spiro atoms. The highest BCUT2D eigenvalue weighted by molar-refractivity contribution is 5.87. The van der Waals surface area contributed by atoms with Crippen molar-refractivity contribution in [1.29, 1.82) is 0 Å². The minimum absolute atomic E-state index is 0.376. The number of allylic oxidation sites excluding steroid dienone is 1. The molecular formula is C10H18O5. The number of aliphatic hydroxyl groups excluding tert-OH is 3. The normalized spacial score (nSPS) is 15.9. The summed E-state index contributed by atoms with van der Waals surface area (Å²) in [5.74, 6) is -0.691. The number of aliphatic hydroxyl groups is 3. The Kier molecular flexibility index (Phi) is 6.94. The molecule has 0 aliphatic carbocycles. The van der Waals surface area contributed by atoms with Gasteiger partial charge >= 0.3 is 5.97 Å². The highest BCUT2D eigenvalue weighted by Crippen LogP contribution is 2.04. The van der Waals surface area contributed by atoms with E-state index in [-0.39, 0.29) is 0 Å². The average Bonchev–Trinajstić information content (AvgIpc) is 2.24. The van der Waals surface area contributed by atoms with E-state index in [0.29, 0.717) is 5.57 Å². The molecule has 0 amide bonds. The number of carbonyl (C=O) groups excluding carboxylic acids is 1. The van der Waals surface area contributed by atoms with Crippen molar-refractivity contribution in [2.75, 3.05) is 6.61 Å². The molecule has 15 heavy (non-hydrogen) atoms. The smallest absolute Gasteiger partial charge is 0.335 e. The number of unbranched alkanes of at least 4 members (excludes halogenated alkanes) is 1. The molecule has 0 saturated carbocycles. The third kappa shape index (κ3) is 5.51. The molecule has 5 heteroatoms. The summed E-state index contributed by atoms with van der Waals surface area (Å²) in [4.78, 5) is 11.2. The molecule has 0 aromatic heterocycles. The summed E-state index contributed by atoms with van der Waals surface area (Å²) in [6.45, 7) is 2.88. The second kappa shape index (κ2) is 7.39. The van der Waals surface area contributed by atoms with E-state index >= 15 is 0 Å². The Hall–Kier alpha value is -0.910. The predicted molar refractivity (Wildman–Crippen MR) is 53.9 cm³/mol. The lowest BCUT2D eigenvalue weighted by Crippen LogP contribution is -2.33. The van der Waals surface area contributed by atoms with Crippen molar-refractivity contribution >= 4 is 5.97 Å². The van der Waals surface area contributed by atoms with Gasteiger partial charge in [0.1, 0.15) is 6.10 Å². The first-order valence-corrected chi connectivity index (χ1v) is 4.87. The van der Waals surface area contributed by atoms with Gasteiger partial charge in [0, 0.05) is 5.57 Å². The van der Waals surface area contributed by atoms with Crippen LogP contribution in [0.1, 0.15) is 26.7 Å². The zero-order valence-electron chi connectivity index (χ0n) is 9.01. The molecule has 0 aromatic rings. The van der Waals surface area contributed by atoms with Crippen LogP contribution in [0.2, 0.25) is 0 Å². The molecule has 0 saturated heterocycles. The van der Waals surface area contributed by atoms with Gasteiger partial charge in [-0.3, -0.25) is 0 Å². The standard InChI is InChI=1S/C10H18O5/c1-3-4-5-7(2)9(13)15-10(14)8(12)6-11/h5,8,10-12,14H,3-4,6H2,1-2H3/b7-5+. The van der Waals surface area contributed by atoms with Crippen molar-refractivity contribution in [1.82, 2.24) is 0 Å². The third-order valence-corrected chi connectivity index (χ3v) is 1.81. The summed E-state index contributed by atoms with van der Waals surface area (Å²) >= 11 is 0. The summed E-state index contributed by atoms with van der Waals surface area (Å²) in [5, 5.41) is 26.5. The largest absolute Gasteiger partial charge is 0.430 e. The van der Waals surface area contributed by atoms with Crippen LogP contribution in [0.5, 0.6) is 0 Å². The van der Waals surface area contributed by atoms with Gasteiger partial charge < -0.3 is 20.1 Å². The molecule has 5 nitrogen and oxygen atoms in total. The molecule has 2 unspecified atom stereocenters. The molecule has 0 aromatic carbocycles. The molecule has 0 radical (unpaired) electrons. The molecule has 0 rings (SSSR count). The van der Waals surface area contributed by atoms with Crippen molar-refractivity contribution in [3.8, 4) is 0 Å². The SMILES string of the molecule is CCC/C=C(\C)C(=O)OC(O)C(O)CO. The van der Waals surface area contributed by atoms with E-state index in [2.05, 4.69) is 4.74 Å². The monoisotopic (exact) mass is 218 g/mol. The van der Waals surface area contributed by atoms with Gasteiger partial charge in [0.15, 0.2) is 0 Å². The van der Waals surface area contributed by atoms with E-state index in [0.717, 1.165) is 12.8 Å². The summed E-state index contributed by atoms with van der Waals surface area (Å²) in [6, 6.07) is 0. The second-order valence-electron chi connectivity index (χ2n) is 3.22. The Morgan fingerprint density at radius 3 is 2.53 bits per heavy atom. The van der Waals surface area contributed by atoms with Crippen LogP contribution in [0.3, 0.4) is 0 Å². The Morgan fingerprint density at radius 2 is 2.07 bits per heavy atom. The summed E-state index contributed by atoms with van der Waals surface area (Å²) in [5.41, 5.74) is 0.376. The zero-order chi connectivity index (χ0) is 11.8. The Morgan fingerprint density at radius 1 is 1.47 bits per heavy atom. The fraction of sp³-hybridized carbons (Fsp3) is 0.700. The van der Waals surface area contributed by atoms with Crippen molar-refractivity contribution in [2.24, 2.45) is 0 Å². The molecule has 0 fully saturated rings. The van der Waals surface area contributed by atoms with Crippen molar-refractivity contribution < 1.29 is 24.9 Å². The van der Waals surface area contributed by atoms with Gasteiger partial charge in [0.05, 0.1) is 6.61 Å². The molecule has 88 valence electrons. The van der Waals surface area contributed by atoms with Gasteiger partial charge in [0.25, 0.3) is 0 Å². The summed E-state index contributed by atoms with van der Waals surface area (Å²) < 4.78 is 4.50. The predicted octanol–water partition coefficient (Wildman–Crippen LogP) is -0.0524. The molecule has 3 N–H and O–H groups in total. The molecule has 0 aliphatic rings. The lowest BCUT2D eigenvalue weighted by molar-refractivity contribution is -0.186. The first-order valence-electron chi connectivity index (χ1n) is 4.87. The third-order valence-electron chi connectivity index (χ3n) is 1.81. The zero-order valence-corrected chi connectivity index (χ0v) is 9.01. The fourth-order valence-corrected chi connectivity index (χ4v) is 0.816. The quantitative estimate of drug-likeness (QED) is 0.330. The molecular weight excluding hydrogens is 200 g/mol. The fourth-order valence-electron chi connectivity index (χ4n) is 0.816. The minimum Gasteiger partial charge on any atom is -0.430 e. The van der Waals surface area contributed by atoms with Crippen LogP contribution in [0, 0.1) is 0 Å². The molecule has 0 aliphatic heterocycles. The number of rotatable bonds is 6. The number of esters is 1. The van der Waals surface area contributed by atoms with Gasteiger partial charge in [-0.15, -0.1) is 0 Å². The maximum atomic E-state index is 11.2. The van der Waals surface area contributed by atoms with Crippen LogP contribution in [-0.4, -0.2) is 40.3 Å². The van der Waals surface area contributed by atoms with Crippen LogP contribution >= 0.6 is 0 Å². The molecule has 0 heterocycles.